The maximum atomic E-state index is 8.52. The lowest BCUT2D eigenvalue weighted by Crippen LogP contribution is -2.08. The van der Waals surface area contributed by atoms with E-state index in [0.29, 0.717) is 24.5 Å². The molecule has 0 aromatic carbocycles. The van der Waals surface area contributed by atoms with Gasteiger partial charge in [0.1, 0.15) is 0 Å². The van der Waals surface area contributed by atoms with E-state index in [0.717, 1.165) is 0 Å². The van der Waals surface area contributed by atoms with Gasteiger partial charge in [-0.25, -0.2) is 0 Å². The number of hydrogen-bond donors (Lipinski definition) is 2. The number of hydrogen-bond acceptors (Lipinski definition) is 6. The first kappa shape index (κ1) is 8.95. The first-order chi connectivity index (χ1) is 5.86. The first-order valence-corrected chi connectivity index (χ1v) is 3.63. The molecule has 1 rings (SSSR count). The Kier molecular flexibility index (Phi) is 3.49. The summed E-state index contributed by atoms with van der Waals surface area (Å²) in [5, 5.41) is 31.8. The molecule has 1 aromatic rings. The predicted molar refractivity (Wildman–Crippen MR) is 39.2 cm³/mol. The van der Waals surface area contributed by atoms with E-state index in [1.807, 2.05) is 0 Å². The van der Waals surface area contributed by atoms with Gasteiger partial charge in [-0.05, 0) is 0 Å². The Labute approximate surface area is 69.3 Å². The molecule has 6 heteroatoms. The van der Waals surface area contributed by atoms with Crippen molar-refractivity contribution in [1.82, 2.24) is 20.4 Å². The lowest BCUT2D eigenvalue weighted by molar-refractivity contribution is 0.290. The van der Waals surface area contributed by atoms with Crippen LogP contribution in [0.25, 0.3) is 0 Å². The average molecular weight is 170 g/mol. The molecule has 0 bridgehead atoms. The van der Waals surface area contributed by atoms with Crippen LogP contribution in [0, 0.1) is 0 Å². The third-order valence-corrected chi connectivity index (χ3v) is 1.23. The topological polar surface area (TPSA) is 92.0 Å². The monoisotopic (exact) mass is 170 g/mol. The van der Waals surface area contributed by atoms with Gasteiger partial charge in [0.25, 0.3) is 0 Å². The Bertz CT molecular complexity index is 200. The number of aliphatic hydroxyl groups excluding tert-OH is 2. The second kappa shape index (κ2) is 4.68. The highest BCUT2D eigenvalue weighted by atomic mass is 16.3. The molecule has 0 fully saturated rings. The lowest BCUT2D eigenvalue weighted by atomic mass is 10.4. The fourth-order valence-corrected chi connectivity index (χ4v) is 0.671. The average Bonchev–Trinajstić information content (AvgIpc) is 2.09. The van der Waals surface area contributed by atoms with E-state index in [9.17, 15) is 0 Å². The summed E-state index contributed by atoms with van der Waals surface area (Å²) >= 11 is 0. The summed E-state index contributed by atoms with van der Waals surface area (Å²) in [4.78, 5) is 0. The molecule has 12 heavy (non-hydrogen) atoms. The van der Waals surface area contributed by atoms with Crippen LogP contribution >= 0.6 is 0 Å². The molecule has 0 aliphatic carbocycles. The molecular formula is C6H10N4O2. The van der Waals surface area contributed by atoms with E-state index >= 15 is 0 Å². The van der Waals surface area contributed by atoms with Gasteiger partial charge >= 0.3 is 0 Å². The minimum Gasteiger partial charge on any atom is -0.396 e. The lowest BCUT2D eigenvalue weighted by Gasteiger charge is -1.95. The molecule has 0 radical (unpaired) electrons. The van der Waals surface area contributed by atoms with E-state index in [1.165, 1.54) is 0 Å². The smallest absolute Gasteiger partial charge is 0.175 e. The van der Waals surface area contributed by atoms with Crippen LogP contribution in [0.15, 0.2) is 0 Å². The Balaban J connectivity index is 2.58. The molecule has 6 nitrogen and oxygen atoms in total. The Hall–Kier alpha value is -1.14. The Morgan fingerprint density at radius 2 is 1.08 bits per heavy atom. The quantitative estimate of drug-likeness (QED) is 0.561. The van der Waals surface area contributed by atoms with Gasteiger partial charge in [-0.1, -0.05) is 0 Å². The molecule has 0 aliphatic heterocycles. The van der Waals surface area contributed by atoms with Crippen molar-refractivity contribution >= 4 is 0 Å². The van der Waals surface area contributed by atoms with Gasteiger partial charge in [-0.3, -0.25) is 0 Å². The zero-order chi connectivity index (χ0) is 8.81. The maximum absolute atomic E-state index is 8.52. The van der Waals surface area contributed by atoms with Gasteiger partial charge in [0.2, 0.25) is 0 Å². The zero-order valence-electron chi connectivity index (χ0n) is 6.51. The number of nitrogens with zero attached hydrogens (tertiary/aromatic N) is 4. The summed E-state index contributed by atoms with van der Waals surface area (Å²) in [6.45, 7) is -0.0224. The van der Waals surface area contributed by atoms with Crippen molar-refractivity contribution < 1.29 is 10.2 Å². The first-order valence-electron chi connectivity index (χ1n) is 3.63. The molecule has 0 unspecified atom stereocenters. The van der Waals surface area contributed by atoms with Crippen LogP contribution in [-0.2, 0) is 12.8 Å². The van der Waals surface area contributed by atoms with E-state index in [1.54, 1.807) is 0 Å². The highest BCUT2D eigenvalue weighted by Gasteiger charge is 1.99. The molecule has 0 saturated carbocycles. The summed E-state index contributed by atoms with van der Waals surface area (Å²) in [7, 11) is 0. The van der Waals surface area contributed by atoms with E-state index in [4.69, 9.17) is 10.2 Å². The summed E-state index contributed by atoms with van der Waals surface area (Å²) in [6, 6.07) is 0. The van der Waals surface area contributed by atoms with Crippen molar-refractivity contribution in [2.45, 2.75) is 12.8 Å². The van der Waals surface area contributed by atoms with Crippen molar-refractivity contribution in [3.8, 4) is 0 Å². The molecule has 0 spiro atoms. The predicted octanol–water partition coefficient (Wildman–Crippen LogP) is -1.66. The van der Waals surface area contributed by atoms with Crippen LogP contribution in [0.1, 0.15) is 11.6 Å². The maximum Gasteiger partial charge on any atom is 0.175 e. The third-order valence-electron chi connectivity index (χ3n) is 1.23. The van der Waals surface area contributed by atoms with Crippen LogP contribution in [0.4, 0.5) is 0 Å². The number of rotatable bonds is 4. The molecule has 0 atom stereocenters. The van der Waals surface area contributed by atoms with Crippen LogP contribution in [-0.4, -0.2) is 43.8 Å². The van der Waals surface area contributed by atoms with Gasteiger partial charge in [-0.2, -0.15) is 0 Å². The molecule has 1 aromatic heterocycles. The minimum absolute atomic E-state index is 0.0112. The second-order valence-corrected chi connectivity index (χ2v) is 2.18. The molecule has 1 heterocycles. The van der Waals surface area contributed by atoms with Crippen LogP contribution < -0.4 is 0 Å². The van der Waals surface area contributed by atoms with Crippen molar-refractivity contribution in [3.05, 3.63) is 11.6 Å². The van der Waals surface area contributed by atoms with Crippen LogP contribution in [0.2, 0.25) is 0 Å². The van der Waals surface area contributed by atoms with Gasteiger partial charge in [0.05, 0.1) is 13.2 Å². The standard InChI is InChI=1S/C6H10N4O2/c11-3-1-5-7-9-6(2-4-12)10-8-5/h11-12H,1-4H2. The van der Waals surface area contributed by atoms with Gasteiger partial charge in [0, 0.05) is 12.8 Å². The van der Waals surface area contributed by atoms with Crippen LogP contribution in [0.5, 0.6) is 0 Å². The normalized spacial score (nSPS) is 10.2. The van der Waals surface area contributed by atoms with E-state index in [-0.39, 0.29) is 13.2 Å². The van der Waals surface area contributed by atoms with Crippen LogP contribution in [0.3, 0.4) is 0 Å². The Morgan fingerprint density at radius 1 is 0.750 bits per heavy atom. The fraction of sp³-hybridized carbons (Fsp3) is 0.667. The molecular weight excluding hydrogens is 160 g/mol. The second-order valence-electron chi connectivity index (χ2n) is 2.18. The number of aliphatic hydroxyl groups is 2. The molecule has 66 valence electrons. The molecule has 0 saturated heterocycles. The van der Waals surface area contributed by atoms with Gasteiger partial charge in [-0.15, -0.1) is 20.4 Å². The summed E-state index contributed by atoms with van der Waals surface area (Å²) in [5.41, 5.74) is 0. The fourth-order valence-electron chi connectivity index (χ4n) is 0.671. The summed E-state index contributed by atoms with van der Waals surface area (Å²) in [5.74, 6) is 0.832. The highest BCUT2D eigenvalue weighted by Crippen LogP contribution is 1.88. The summed E-state index contributed by atoms with van der Waals surface area (Å²) in [6.07, 6.45) is 0.721. The number of aromatic nitrogens is 4. The summed E-state index contributed by atoms with van der Waals surface area (Å²) < 4.78 is 0. The van der Waals surface area contributed by atoms with Crippen molar-refractivity contribution in [3.63, 3.8) is 0 Å². The Morgan fingerprint density at radius 3 is 1.33 bits per heavy atom. The highest BCUT2D eigenvalue weighted by molar-refractivity contribution is 4.82. The van der Waals surface area contributed by atoms with E-state index < -0.39 is 0 Å². The van der Waals surface area contributed by atoms with Crippen molar-refractivity contribution in [1.29, 1.82) is 0 Å². The minimum atomic E-state index is -0.0112. The molecule has 0 amide bonds. The van der Waals surface area contributed by atoms with Gasteiger partial charge in [0.15, 0.2) is 11.6 Å². The van der Waals surface area contributed by atoms with E-state index in [2.05, 4.69) is 20.4 Å². The van der Waals surface area contributed by atoms with Crippen molar-refractivity contribution in [2.24, 2.45) is 0 Å². The van der Waals surface area contributed by atoms with Crippen molar-refractivity contribution in [2.75, 3.05) is 13.2 Å². The SMILES string of the molecule is OCCc1nnc(CCO)nn1. The molecule has 0 aliphatic rings. The zero-order valence-corrected chi connectivity index (χ0v) is 6.51. The largest absolute Gasteiger partial charge is 0.396 e. The van der Waals surface area contributed by atoms with Gasteiger partial charge < -0.3 is 10.2 Å². The molecule has 2 N–H and O–H groups in total. The third kappa shape index (κ3) is 2.48.